The number of carbonyl (C=O) groups excluding carboxylic acids is 2. The van der Waals surface area contributed by atoms with Crippen LogP contribution in [0.15, 0.2) is 5.16 Å². The number of amides is 3. The molecule has 2 fully saturated rings. The monoisotopic (exact) mass is 366 g/mol. The summed E-state index contributed by atoms with van der Waals surface area (Å²) in [4.78, 5) is 25.6. The second kappa shape index (κ2) is 7.63. The summed E-state index contributed by atoms with van der Waals surface area (Å²) in [6.45, 7) is 5.90. The second-order valence-electron chi connectivity index (χ2n) is 7.07. The Morgan fingerprint density at radius 2 is 1.88 bits per heavy atom. The average molecular weight is 366 g/mol. The molecule has 1 atom stereocenters. The number of nitrogens with two attached hydrogens (primary N) is 1. The Morgan fingerprint density at radius 3 is 2.44 bits per heavy atom. The fraction of sp³-hybridized carbons (Fsp3) is 0.750. The van der Waals surface area contributed by atoms with Gasteiger partial charge in [0.1, 0.15) is 0 Å². The number of nitrogens with zero attached hydrogens (tertiary/aromatic N) is 4. The summed E-state index contributed by atoms with van der Waals surface area (Å²) in [5.74, 6) is 0.576. The van der Waals surface area contributed by atoms with Crippen molar-refractivity contribution in [3.63, 3.8) is 0 Å². The maximum Gasteiger partial charge on any atom is 0.318 e. The van der Waals surface area contributed by atoms with Crippen molar-refractivity contribution in [3.8, 4) is 0 Å². The summed E-state index contributed by atoms with van der Waals surface area (Å²) in [5.41, 5.74) is 5.09. The van der Waals surface area contributed by atoms with E-state index in [-0.39, 0.29) is 11.8 Å². The Balaban J connectivity index is 1.82. The van der Waals surface area contributed by atoms with E-state index in [1.807, 2.05) is 13.8 Å². The third-order valence-electron chi connectivity index (χ3n) is 4.54. The third-order valence-corrected chi connectivity index (χ3v) is 6.04. The van der Waals surface area contributed by atoms with Crippen LogP contribution in [0.25, 0.3) is 0 Å². The molecule has 1 aliphatic carbocycles. The first-order valence-corrected chi connectivity index (χ1v) is 9.82. The molecule has 0 bridgehead atoms. The maximum atomic E-state index is 12.3. The zero-order valence-corrected chi connectivity index (χ0v) is 15.6. The topological polar surface area (TPSA) is 106 Å². The number of urea groups is 1. The van der Waals surface area contributed by atoms with Crippen molar-refractivity contribution in [2.75, 3.05) is 18.0 Å². The number of imide groups is 1. The quantitative estimate of drug-likeness (QED) is 0.745. The van der Waals surface area contributed by atoms with Gasteiger partial charge >= 0.3 is 6.03 Å². The Kier molecular flexibility index (Phi) is 5.51. The van der Waals surface area contributed by atoms with Crippen molar-refractivity contribution in [2.45, 2.75) is 62.4 Å². The first-order valence-electron chi connectivity index (χ1n) is 8.94. The molecule has 1 saturated carbocycles. The number of anilines is 1. The van der Waals surface area contributed by atoms with Gasteiger partial charge in [-0.15, -0.1) is 10.2 Å². The van der Waals surface area contributed by atoms with Crippen molar-refractivity contribution < 1.29 is 9.59 Å². The molecule has 1 unspecified atom stereocenters. The molecule has 3 amide bonds. The van der Waals surface area contributed by atoms with Crippen molar-refractivity contribution >= 4 is 29.6 Å². The highest BCUT2D eigenvalue weighted by atomic mass is 32.2. The molecule has 8 nitrogen and oxygen atoms in total. The van der Waals surface area contributed by atoms with E-state index in [9.17, 15) is 9.59 Å². The smallest absolute Gasteiger partial charge is 0.318 e. The number of hydrogen-bond acceptors (Lipinski definition) is 6. The number of piperidine rings is 1. The van der Waals surface area contributed by atoms with Gasteiger partial charge < -0.3 is 10.6 Å². The molecule has 0 radical (unpaired) electrons. The third kappa shape index (κ3) is 4.26. The molecule has 3 rings (SSSR count). The van der Waals surface area contributed by atoms with Gasteiger partial charge in [-0.25, -0.2) is 4.79 Å². The Labute approximate surface area is 151 Å². The van der Waals surface area contributed by atoms with Crippen LogP contribution >= 0.6 is 11.8 Å². The number of thioether (sulfide) groups is 1. The number of hydrogen-bond donors (Lipinski definition) is 2. The second-order valence-corrected chi connectivity index (χ2v) is 8.18. The number of aromatic nitrogens is 3. The molecule has 1 saturated heterocycles. The van der Waals surface area contributed by atoms with Crippen molar-refractivity contribution in [3.05, 3.63) is 0 Å². The van der Waals surface area contributed by atoms with Crippen LogP contribution in [0.3, 0.4) is 0 Å². The first-order chi connectivity index (χ1) is 12.0. The number of primary amides is 1. The van der Waals surface area contributed by atoms with E-state index in [2.05, 4.69) is 25.0 Å². The highest BCUT2D eigenvalue weighted by Gasteiger charge is 2.34. The van der Waals surface area contributed by atoms with Crippen molar-refractivity contribution in [2.24, 2.45) is 11.7 Å². The van der Waals surface area contributed by atoms with Crippen LogP contribution in [0, 0.1) is 5.92 Å². The summed E-state index contributed by atoms with van der Waals surface area (Å²) < 4.78 is 2.18. The van der Waals surface area contributed by atoms with Gasteiger partial charge in [0.05, 0.1) is 5.25 Å². The van der Waals surface area contributed by atoms with Crippen LogP contribution in [-0.2, 0) is 4.79 Å². The molecule has 138 valence electrons. The Bertz CT molecular complexity index is 637. The van der Waals surface area contributed by atoms with Crippen LogP contribution in [-0.4, -0.2) is 45.0 Å². The number of carbonyl (C=O) groups is 2. The van der Waals surface area contributed by atoms with E-state index in [0.717, 1.165) is 37.0 Å². The SMILES string of the molecule is CC(C)C(Sc1nnc(N2CCCCC2)n1C1CC1)C(=O)NC(N)=O. The summed E-state index contributed by atoms with van der Waals surface area (Å²) in [5, 5.41) is 11.3. The standard InChI is InChI=1S/C16H26N6O2S/c1-10(2)12(13(23)18-14(17)24)25-16-20-19-15(22(16)11-6-7-11)21-8-4-3-5-9-21/h10-12H,3-9H2,1-2H3,(H3,17,18,23,24). The zero-order valence-electron chi connectivity index (χ0n) is 14.8. The van der Waals surface area contributed by atoms with Crippen LogP contribution < -0.4 is 16.0 Å². The minimum absolute atomic E-state index is 0.0344. The van der Waals surface area contributed by atoms with Gasteiger partial charge in [-0.1, -0.05) is 25.6 Å². The molecule has 3 N–H and O–H groups in total. The molecule has 0 spiro atoms. The minimum Gasteiger partial charge on any atom is -0.351 e. The lowest BCUT2D eigenvalue weighted by Gasteiger charge is -2.28. The van der Waals surface area contributed by atoms with Gasteiger partial charge in [0, 0.05) is 19.1 Å². The van der Waals surface area contributed by atoms with Gasteiger partial charge in [-0.3, -0.25) is 14.7 Å². The molecular formula is C16H26N6O2S. The average Bonchev–Trinajstić information content (AvgIpc) is 3.32. The first kappa shape index (κ1) is 18.0. The summed E-state index contributed by atoms with van der Waals surface area (Å²) in [6, 6.07) is -0.407. The van der Waals surface area contributed by atoms with Gasteiger partial charge in [0.2, 0.25) is 11.9 Å². The molecule has 9 heteroatoms. The molecule has 1 aliphatic heterocycles. The van der Waals surface area contributed by atoms with Gasteiger partial charge in [-0.2, -0.15) is 0 Å². The summed E-state index contributed by atoms with van der Waals surface area (Å²) in [7, 11) is 0. The van der Waals surface area contributed by atoms with Crippen molar-refractivity contribution in [1.82, 2.24) is 20.1 Å². The lowest BCUT2D eigenvalue weighted by Crippen LogP contribution is -2.42. The molecule has 1 aromatic rings. The Hall–Kier alpha value is -1.77. The highest BCUT2D eigenvalue weighted by molar-refractivity contribution is 8.00. The van der Waals surface area contributed by atoms with Crippen LogP contribution in [0.1, 0.15) is 52.0 Å². The normalized spacial score (nSPS) is 19.1. The molecule has 2 aliphatic rings. The highest BCUT2D eigenvalue weighted by Crippen LogP contribution is 2.42. The van der Waals surface area contributed by atoms with Crippen LogP contribution in [0.4, 0.5) is 10.7 Å². The van der Waals surface area contributed by atoms with E-state index in [1.54, 1.807) is 0 Å². The van der Waals surface area contributed by atoms with E-state index in [0.29, 0.717) is 6.04 Å². The van der Waals surface area contributed by atoms with E-state index >= 15 is 0 Å². The lowest BCUT2D eigenvalue weighted by molar-refractivity contribution is -0.120. The molecule has 1 aromatic heterocycles. The molecular weight excluding hydrogens is 340 g/mol. The van der Waals surface area contributed by atoms with E-state index < -0.39 is 11.3 Å². The molecule has 0 aromatic carbocycles. The predicted molar refractivity (Wildman–Crippen MR) is 96.6 cm³/mol. The number of rotatable bonds is 6. The maximum absolute atomic E-state index is 12.3. The minimum atomic E-state index is -0.825. The summed E-state index contributed by atoms with van der Waals surface area (Å²) in [6.07, 6.45) is 5.85. The molecule has 2 heterocycles. The van der Waals surface area contributed by atoms with E-state index in [1.165, 1.54) is 31.0 Å². The van der Waals surface area contributed by atoms with Gasteiger partial charge in [0.15, 0.2) is 5.16 Å². The molecule has 25 heavy (non-hydrogen) atoms. The van der Waals surface area contributed by atoms with Gasteiger partial charge in [0.25, 0.3) is 0 Å². The predicted octanol–water partition coefficient (Wildman–Crippen LogP) is 1.91. The lowest BCUT2D eigenvalue weighted by atomic mass is 10.1. The zero-order chi connectivity index (χ0) is 18.0. The number of nitrogens with one attached hydrogen (secondary N) is 1. The van der Waals surface area contributed by atoms with Crippen LogP contribution in [0.5, 0.6) is 0 Å². The van der Waals surface area contributed by atoms with Gasteiger partial charge in [-0.05, 0) is 38.0 Å². The van der Waals surface area contributed by atoms with Crippen molar-refractivity contribution in [1.29, 1.82) is 0 Å². The van der Waals surface area contributed by atoms with E-state index in [4.69, 9.17) is 5.73 Å². The Morgan fingerprint density at radius 1 is 1.20 bits per heavy atom. The fourth-order valence-electron chi connectivity index (χ4n) is 3.11. The van der Waals surface area contributed by atoms with Crippen LogP contribution in [0.2, 0.25) is 0 Å². The summed E-state index contributed by atoms with van der Waals surface area (Å²) >= 11 is 1.37. The fourth-order valence-corrected chi connectivity index (χ4v) is 4.21. The largest absolute Gasteiger partial charge is 0.351 e.